The zero-order chi connectivity index (χ0) is 20.4. The van der Waals surface area contributed by atoms with E-state index in [-0.39, 0.29) is 5.37 Å². The van der Waals surface area contributed by atoms with E-state index in [2.05, 4.69) is 47.9 Å². The Morgan fingerprint density at radius 2 is 1.62 bits per heavy atom. The molecule has 6 heteroatoms. The first-order valence-corrected chi connectivity index (χ1v) is 12.3. The van der Waals surface area contributed by atoms with Crippen LogP contribution in [0.3, 0.4) is 0 Å². The molecule has 2 atom stereocenters. The van der Waals surface area contributed by atoms with Gasteiger partial charge in [0.25, 0.3) is 0 Å². The molecule has 29 heavy (non-hydrogen) atoms. The van der Waals surface area contributed by atoms with E-state index >= 15 is 0 Å². The first kappa shape index (κ1) is 21.4. The van der Waals surface area contributed by atoms with Crippen molar-refractivity contribution in [1.82, 2.24) is 19.8 Å². The maximum Gasteiger partial charge on any atom is 0.226 e. The predicted octanol–water partition coefficient (Wildman–Crippen LogP) is 4.16. The van der Waals surface area contributed by atoms with E-state index < -0.39 is 0 Å². The number of thiol groups is 1. The van der Waals surface area contributed by atoms with Crippen molar-refractivity contribution in [2.45, 2.75) is 95.1 Å². The zero-order valence-electron chi connectivity index (χ0n) is 18.5. The number of piperidine rings is 1. The van der Waals surface area contributed by atoms with Crippen LogP contribution in [0.4, 0.5) is 5.95 Å². The van der Waals surface area contributed by atoms with Crippen molar-refractivity contribution in [3.8, 4) is 0 Å². The highest BCUT2D eigenvalue weighted by Gasteiger charge is 2.33. The number of aromatic nitrogens is 2. The average Bonchev–Trinajstić information content (AvgIpc) is 2.74. The van der Waals surface area contributed by atoms with Gasteiger partial charge in [0.2, 0.25) is 5.95 Å². The predicted molar refractivity (Wildman–Crippen MR) is 124 cm³/mol. The summed E-state index contributed by atoms with van der Waals surface area (Å²) < 4.78 is 0. The molecule has 3 fully saturated rings. The fourth-order valence-electron chi connectivity index (χ4n) is 5.56. The molecule has 3 aliphatic rings. The lowest BCUT2D eigenvalue weighted by molar-refractivity contribution is 0.122. The second-order valence-electron chi connectivity index (χ2n) is 9.70. The highest BCUT2D eigenvalue weighted by Crippen LogP contribution is 2.32. The van der Waals surface area contributed by atoms with Crippen LogP contribution < -0.4 is 4.90 Å². The molecule has 0 radical (unpaired) electrons. The van der Waals surface area contributed by atoms with Crippen LogP contribution in [0.15, 0.2) is 12.4 Å². The van der Waals surface area contributed by atoms with Gasteiger partial charge in [-0.1, -0.05) is 19.3 Å². The Labute approximate surface area is 182 Å². The fraction of sp³-hybridized carbons (Fsp3) is 0.826. The van der Waals surface area contributed by atoms with Crippen LogP contribution in [0.25, 0.3) is 0 Å². The van der Waals surface area contributed by atoms with Gasteiger partial charge in [-0.25, -0.2) is 9.97 Å². The molecular weight excluding hydrogens is 378 g/mol. The van der Waals surface area contributed by atoms with Gasteiger partial charge in [-0.05, 0) is 71.0 Å². The van der Waals surface area contributed by atoms with Crippen molar-refractivity contribution >= 4 is 18.6 Å². The minimum Gasteiger partial charge on any atom is -0.324 e. The number of nitrogens with zero attached hydrogens (tertiary/aromatic N) is 5. The van der Waals surface area contributed by atoms with Crippen molar-refractivity contribution in [3.63, 3.8) is 0 Å². The summed E-state index contributed by atoms with van der Waals surface area (Å²) in [7, 11) is 0. The molecule has 2 saturated heterocycles. The maximum absolute atomic E-state index is 4.87. The first-order chi connectivity index (χ1) is 14.0. The summed E-state index contributed by atoms with van der Waals surface area (Å²) >= 11 is 4.87. The number of hydrogen-bond donors (Lipinski definition) is 1. The lowest BCUT2D eigenvalue weighted by atomic mass is 9.88. The summed E-state index contributed by atoms with van der Waals surface area (Å²) in [5, 5.41) is 0.144. The minimum atomic E-state index is 0.144. The Hall–Kier alpha value is -0.850. The second-order valence-corrected chi connectivity index (χ2v) is 10.3. The Balaban J connectivity index is 1.35. The van der Waals surface area contributed by atoms with Crippen molar-refractivity contribution < 1.29 is 0 Å². The van der Waals surface area contributed by atoms with E-state index in [0.717, 1.165) is 25.1 Å². The van der Waals surface area contributed by atoms with Crippen LogP contribution in [0.1, 0.15) is 77.2 Å². The molecule has 0 aromatic carbocycles. The van der Waals surface area contributed by atoms with Crippen LogP contribution in [0.5, 0.6) is 0 Å². The van der Waals surface area contributed by atoms with Gasteiger partial charge in [0, 0.05) is 43.6 Å². The largest absolute Gasteiger partial charge is 0.324 e. The third kappa shape index (κ3) is 4.91. The highest BCUT2D eigenvalue weighted by atomic mass is 32.1. The van der Waals surface area contributed by atoms with E-state index in [9.17, 15) is 0 Å². The van der Waals surface area contributed by atoms with Crippen molar-refractivity contribution in [2.75, 3.05) is 31.1 Å². The lowest BCUT2D eigenvalue weighted by Gasteiger charge is -2.45. The van der Waals surface area contributed by atoms with Gasteiger partial charge in [0.1, 0.15) is 0 Å². The van der Waals surface area contributed by atoms with Gasteiger partial charge in [0.15, 0.2) is 0 Å². The van der Waals surface area contributed by atoms with Crippen molar-refractivity contribution in [2.24, 2.45) is 0 Å². The SMILES string of the molecule is CC(C)N1CC(C)N(c2ncc(C3CCN(C4CCCCC4)CC3)cn2)C(S)C1. The van der Waals surface area contributed by atoms with Gasteiger partial charge < -0.3 is 9.80 Å². The quantitative estimate of drug-likeness (QED) is 0.744. The molecule has 0 spiro atoms. The Morgan fingerprint density at radius 3 is 2.21 bits per heavy atom. The van der Waals surface area contributed by atoms with Crippen molar-refractivity contribution in [3.05, 3.63) is 18.0 Å². The molecule has 5 nitrogen and oxygen atoms in total. The summed E-state index contributed by atoms with van der Waals surface area (Å²) in [4.78, 5) is 17.1. The molecule has 1 saturated carbocycles. The number of piperazine rings is 1. The maximum atomic E-state index is 4.87. The number of anilines is 1. The van der Waals surface area contributed by atoms with Gasteiger partial charge in [-0.15, -0.1) is 0 Å². The highest BCUT2D eigenvalue weighted by molar-refractivity contribution is 7.81. The third-order valence-electron chi connectivity index (χ3n) is 7.40. The molecule has 4 rings (SSSR count). The zero-order valence-corrected chi connectivity index (χ0v) is 19.4. The molecule has 1 aliphatic carbocycles. The third-order valence-corrected chi connectivity index (χ3v) is 7.82. The molecule has 1 aromatic rings. The van der Waals surface area contributed by atoms with E-state index in [4.69, 9.17) is 22.6 Å². The summed E-state index contributed by atoms with van der Waals surface area (Å²) in [6, 6.07) is 1.77. The number of hydrogen-bond acceptors (Lipinski definition) is 6. The van der Waals surface area contributed by atoms with Crippen LogP contribution in [0.2, 0.25) is 0 Å². The second kappa shape index (κ2) is 9.52. The topological polar surface area (TPSA) is 35.5 Å². The van der Waals surface area contributed by atoms with Gasteiger partial charge in [-0.2, -0.15) is 12.6 Å². The normalized spacial score (nSPS) is 28.9. The number of rotatable bonds is 4. The van der Waals surface area contributed by atoms with E-state index in [1.54, 1.807) is 0 Å². The summed E-state index contributed by atoms with van der Waals surface area (Å²) in [6.07, 6.45) is 13.8. The average molecular weight is 418 g/mol. The van der Waals surface area contributed by atoms with Crippen LogP contribution in [-0.2, 0) is 0 Å². The minimum absolute atomic E-state index is 0.144. The molecule has 1 aromatic heterocycles. The standard InChI is InChI=1S/C23H39N5S/c1-17(2)27-15-18(3)28(22(29)16-27)23-24-13-20(14-25-23)19-9-11-26(12-10-19)21-7-5-4-6-8-21/h13-14,17-19,21-22,29H,4-12,15-16H2,1-3H3. The molecule has 2 unspecified atom stereocenters. The lowest BCUT2D eigenvalue weighted by Crippen LogP contribution is -2.58. The summed E-state index contributed by atoms with van der Waals surface area (Å²) in [6.45, 7) is 11.3. The van der Waals surface area contributed by atoms with E-state index in [1.807, 2.05) is 0 Å². The summed E-state index contributed by atoms with van der Waals surface area (Å²) in [5.74, 6) is 1.45. The van der Waals surface area contributed by atoms with Crippen LogP contribution >= 0.6 is 12.6 Å². The van der Waals surface area contributed by atoms with Crippen molar-refractivity contribution in [1.29, 1.82) is 0 Å². The Kier molecular flexibility index (Phi) is 7.02. The molecule has 162 valence electrons. The Bertz CT molecular complexity index is 625. The molecule has 0 N–H and O–H groups in total. The van der Waals surface area contributed by atoms with Crippen LogP contribution in [0, 0.1) is 0 Å². The molecule has 3 heterocycles. The first-order valence-electron chi connectivity index (χ1n) is 11.8. The molecule has 2 aliphatic heterocycles. The van der Waals surface area contributed by atoms with Gasteiger partial charge >= 0.3 is 0 Å². The fourth-order valence-corrected chi connectivity index (χ4v) is 6.11. The van der Waals surface area contributed by atoms with E-state index in [1.165, 1.54) is 63.6 Å². The molecule has 0 amide bonds. The molecular formula is C23H39N5S. The van der Waals surface area contributed by atoms with E-state index in [0.29, 0.717) is 18.0 Å². The van der Waals surface area contributed by atoms with Gasteiger partial charge in [-0.3, -0.25) is 4.90 Å². The molecule has 0 bridgehead atoms. The monoisotopic (exact) mass is 417 g/mol. The number of likely N-dealkylation sites (tertiary alicyclic amines) is 1. The smallest absolute Gasteiger partial charge is 0.226 e. The Morgan fingerprint density at radius 1 is 0.966 bits per heavy atom. The van der Waals surface area contributed by atoms with Crippen LogP contribution in [-0.4, -0.2) is 69.4 Å². The van der Waals surface area contributed by atoms with Gasteiger partial charge in [0.05, 0.1) is 5.37 Å². The summed E-state index contributed by atoms with van der Waals surface area (Å²) in [5.41, 5.74) is 1.32.